The topological polar surface area (TPSA) is 84.3 Å². The summed E-state index contributed by atoms with van der Waals surface area (Å²) in [6.45, 7) is 8.44. The van der Waals surface area contributed by atoms with Crippen LogP contribution >= 0.6 is 0 Å². The van der Waals surface area contributed by atoms with E-state index in [0.29, 0.717) is 13.2 Å². The Kier molecular flexibility index (Phi) is 3.96. The molecule has 8 nitrogen and oxygen atoms in total. The van der Waals surface area contributed by atoms with Crippen molar-refractivity contribution in [1.82, 2.24) is 20.1 Å². The second kappa shape index (κ2) is 5.88. The van der Waals surface area contributed by atoms with Crippen molar-refractivity contribution < 1.29 is 9.53 Å². The molecule has 1 aromatic heterocycles. The van der Waals surface area contributed by atoms with E-state index >= 15 is 0 Å². The largest absolute Gasteiger partial charge is 0.466 e. The van der Waals surface area contributed by atoms with Crippen molar-refractivity contribution >= 4 is 17.9 Å². The lowest BCUT2D eigenvalue weighted by molar-refractivity contribution is -0.149. The first-order valence-corrected chi connectivity index (χ1v) is 7.53. The molecule has 0 spiro atoms. The van der Waals surface area contributed by atoms with Gasteiger partial charge < -0.3 is 20.3 Å². The molecule has 2 aliphatic rings. The van der Waals surface area contributed by atoms with Gasteiger partial charge in [0, 0.05) is 32.7 Å². The average molecular weight is 294 g/mol. The van der Waals surface area contributed by atoms with Gasteiger partial charge in [0.1, 0.15) is 0 Å². The zero-order valence-corrected chi connectivity index (χ0v) is 12.5. The minimum absolute atomic E-state index is 0.0514. The molecular formula is C13H22N6O2. The van der Waals surface area contributed by atoms with Crippen LogP contribution < -0.4 is 15.5 Å². The third-order valence-corrected chi connectivity index (χ3v) is 4.06. The Morgan fingerprint density at radius 3 is 2.90 bits per heavy atom. The number of rotatable bonds is 3. The Morgan fingerprint density at radius 2 is 2.19 bits per heavy atom. The van der Waals surface area contributed by atoms with E-state index < -0.39 is 0 Å². The van der Waals surface area contributed by atoms with Crippen LogP contribution in [0.15, 0.2) is 0 Å². The summed E-state index contributed by atoms with van der Waals surface area (Å²) >= 11 is 0. The highest BCUT2D eigenvalue weighted by molar-refractivity contribution is 5.74. The number of carbonyl (C=O) groups is 1. The molecule has 0 amide bonds. The Bertz CT molecular complexity index is 511. The highest BCUT2D eigenvalue weighted by Crippen LogP contribution is 2.29. The fraction of sp³-hybridized carbons (Fsp3) is 0.769. The molecule has 0 saturated carbocycles. The molecular weight excluding hydrogens is 272 g/mol. The SMILES string of the molecule is CCOC(=O)C1CNc2nc(N3CCNCC3)nn2C1C. The second-order valence-electron chi connectivity index (χ2n) is 5.40. The number of esters is 1. The maximum atomic E-state index is 12.0. The molecule has 8 heteroatoms. The van der Waals surface area contributed by atoms with Crippen molar-refractivity contribution in [2.24, 2.45) is 5.92 Å². The van der Waals surface area contributed by atoms with E-state index in [9.17, 15) is 4.79 Å². The second-order valence-corrected chi connectivity index (χ2v) is 5.40. The Balaban J connectivity index is 1.78. The Hall–Kier alpha value is -1.83. The average Bonchev–Trinajstić information content (AvgIpc) is 2.94. The predicted molar refractivity (Wildman–Crippen MR) is 78.4 cm³/mol. The normalized spacial score (nSPS) is 25.1. The quantitative estimate of drug-likeness (QED) is 0.750. The fourth-order valence-electron chi connectivity index (χ4n) is 2.79. The van der Waals surface area contributed by atoms with Gasteiger partial charge in [-0.3, -0.25) is 4.79 Å². The summed E-state index contributed by atoms with van der Waals surface area (Å²) in [6, 6.07) is -0.0514. The summed E-state index contributed by atoms with van der Waals surface area (Å²) in [4.78, 5) is 18.7. The van der Waals surface area contributed by atoms with Crippen molar-refractivity contribution in [3.8, 4) is 0 Å². The van der Waals surface area contributed by atoms with Crippen LogP contribution in [0.4, 0.5) is 11.9 Å². The maximum Gasteiger partial charge on any atom is 0.312 e. The number of anilines is 2. The van der Waals surface area contributed by atoms with Gasteiger partial charge in [0.05, 0.1) is 18.6 Å². The molecule has 1 saturated heterocycles. The number of fused-ring (bicyclic) bond motifs is 1. The Morgan fingerprint density at radius 1 is 1.43 bits per heavy atom. The van der Waals surface area contributed by atoms with E-state index in [1.54, 1.807) is 0 Å². The van der Waals surface area contributed by atoms with Crippen LogP contribution in [0.5, 0.6) is 0 Å². The smallest absolute Gasteiger partial charge is 0.312 e. The summed E-state index contributed by atoms with van der Waals surface area (Å²) in [7, 11) is 0. The molecule has 1 fully saturated rings. The van der Waals surface area contributed by atoms with E-state index in [0.717, 1.165) is 38.1 Å². The van der Waals surface area contributed by atoms with Crippen LogP contribution in [0, 0.1) is 5.92 Å². The number of ether oxygens (including phenoxy) is 1. The summed E-state index contributed by atoms with van der Waals surface area (Å²) in [5, 5.41) is 11.1. The van der Waals surface area contributed by atoms with Gasteiger partial charge in [0.15, 0.2) is 0 Å². The molecule has 2 atom stereocenters. The molecule has 116 valence electrons. The van der Waals surface area contributed by atoms with E-state index in [-0.39, 0.29) is 17.9 Å². The van der Waals surface area contributed by atoms with Crippen LogP contribution in [0.1, 0.15) is 19.9 Å². The molecule has 1 aromatic rings. The van der Waals surface area contributed by atoms with Gasteiger partial charge in [-0.2, -0.15) is 4.98 Å². The number of nitrogens with zero attached hydrogens (tertiary/aromatic N) is 4. The number of aromatic nitrogens is 3. The highest BCUT2D eigenvalue weighted by atomic mass is 16.5. The monoisotopic (exact) mass is 294 g/mol. The van der Waals surface area contributed by atoms with Crippen LogP contribution in [0.25, 0.3) is 0 Å². The first-order valence-electron chi connectivity index (χ1n) is 7.53. The number of carbonyl (C=O) groups excluding carboxylic acids is 1. The van der Waals surface area contributed by atoms with Crippen LogP contribution in [-0.4, -0.2) is 60.1 Å². The molecule has 2 aliphatic heterocycles. The maximum absolute atomic E-state index is 12.0. The third kappa shape index (κ3) is 2.67. The van der Waals surface area contributed by atoms with E-state index in [1.165, 1.54) is 0 Å². The minimum Gasteiger partial charge on any atom is -0.466 e. The third-order valence-electron chi connectivity index (χ3n) is 4.06. The summed E-state index contributed by atoms with van der Waals surface area (Å²) in [6.07, 6.45) is 0. The molecule has 0 bridgehead atoms. The van der Waals surface area contributed by atoms with Gasteiger partial charge in [0.2, 0.25) is 11.9 Å². The molecule has 0 aromatic carbocycles. The van der Waals surface area contributed by atoms with Crippen molar-refractivity contribution in [1.29, 1.82) is 0 Å². The Labute approximate surface area is 123 Å². The standard InChI is InChI=1S/C13H22N6O2/c1-3-21-11(20)10-8-15-12-16-13(17-19(12)9(10)2)18-6-4-14-5-7-18/h9-10,14H,3-8H2,1-2H3,(H,15,16,17). The molecule has 2 unspecified atom stereocenters. The van der Waals surface area contributed by atoms with Gasteiger partial charge in [-0.15, -0.1) is 5.10 Å². The van der Waals surface area contributed by atoms with Gasteiger partial charge >= 0.3 is 5.97 Å². The van der Waals surface area contributed by atoms with Gasteiger partial charge in [-0.05, 0) is 13.8 Å². The van der Waals surface area contributed by atoms with Gasteiger partial charge in [-0.25, -0.2) is 4.68 Å². The molecule has 0 radical (unpaired) electrons. The number of hydrogen-bond donors (Lipinski definition) is 2. The molecule has 0 aliphatic carbocycles. The zero-order valence-electron chi connectivity index (χ0n) is 12.5. The molecule has 3 heterocycles. The predicted octanol–water partition coefficient (Wildman–Crippen LogP) is -0.146. The molecule has 21 heavy (non-hydrogen) atoms. The number of piperazine rings is 1. The van der Waals surface area contributed by atoms with Crippen LogP contribution in [0.3, 0.4) is 0 Å². The van der Waals surface area contributed by atoms with Crippen LogP contribution in [-0.2, 0) is 9.53 Å². The van der Waals surface area contributed by atoms with Crippen molar-refractivity contribution in [3.05, 3.63) is 0 Å². The highest BCUT2D eigenvalue weighted by Gasteiger charge is 2.35. The van der Waals surface area contributed by atoms with E-state index in [2.05, 4.69) is 25.6 Å². The van der Waals surface area contributed by atoms with E-state index in [4.69, 9.17) is 4.74 Å². The summed E-state index contributed by atoms with van der Waals surface area (Å²) < 4.78 is 6.94. The number of hydrogen-bond acceptors (Lipinski definition) is 7. The van der Waals surface area contributed by atoms with Gasteiger partial charge in [-0.1, -0.05) is 0 Å². The lowest BCUT2D eigenvalue weighted by Gasteiger charge is -2.28. The summed E-state index contributed by atoms with van der Waals surface area (Å²) in [5.41, 5.74) is 0. The molecule has 3 rings (SSSR count). The van der Waals surface area contributed by atoms with Crippen molar-refractivity contribution in [2.45, 2.75) is 19.9 Å². The lowest BCUT2D eigenvalue weighted by Crippen LogP contribution is -2.44. The minimum atomic E-state index is -0.227. The van der Waals surface area contributed by atoms with Gasteiger partial charge in [0.25, 0.3) is 0 Å². The number of nitrogens with one attached hydrogen (secondary N) is 2. The van der Waals surface area contributed by atoms with Crippen molar-refractivity contribution in [3.63, 3.8) is 0 Å². The van der Waals surface area contributed by atoms with E-state index in [1.807, 2.05) is 18.5 Å². The zero-order chi connectivity index (χ0) is 14.8. The first-order chi connectivity index (χ1) is 10.2. The lowest BCUT2D eigenvalue weighted by atomic mass is 10.0. The summed E-state index contributed by atoms with van der Waals surface area (Å²) in [5.74, 6) is 1.06. The first kappa shape index (κ1) is 14.1. The van der Waals surface area contributed by atoms with Crippen molar-refractivity contribution in [2.75, 3.05) is 49.5 Å². The fourth-order valence-corrected chi connectivity index (χ4v) is 2.79. The van der Waals surface area contributed by atoms with Crippen LogP contribution in [0.2, 0.25) is 0 Å². The molecule has 2 N–H and O–H groups in total.